The Balaban J connectivity index is 0.000000364. The van der Waals surface area contributed by atoms with Crippen molar-refractivity contribution >= 4 is 17.8 Å². The molecule has 2 saturated heterocycles. The lowest BCUT2D eigenvalue weighted by Gasteiger charge is -2.33. The van der Waals surface area contributed by atoms with Crippen LogP contribution in [0.3, 0.4) is 0 Å². The number of aromatic carboxylic acids is 1. The molecule has 1 saturated carbocycles. The molecule has 8 nitrogen and oxygen atoms in total. The minimum Gasteiger partial charge on any atom is -0.478 e. The summed E-state index contributed by atoms with van der Waals surface area (Å²) in [6, 6.07) is 10.8. The maximum absolute atomic E-state index is 11.3. The van der Waals surface area contributed by atoms with Gasteiger partial charge < -0.3 is 20.7 Å². The Morgan fingerprint density at radius 3 is 2.31 bits per heavy atom. The number of carbonyl (C=O) groups is 2. The third kappa shape index (κ3) is 5.25. The summed E-state index contributed by atoms with van der Waals surface area (Å²) in [6.45, 7) is 4.13. The number of alkyl halides is 3. The van der Waals surface area contributed by atoms with Crippen LogP contribution in [0.1, 0.15) is 35.2 Å². The van der Waals surface area contributed by atoms with Crippen molar-refractivity contribution in [3.05, 3.63) is 47.7 Å². The Labute approximate surface area is 199 Å². The van der Waals surface area contributed by atoms with E-state index < -0.39 is 18.1 Å². The van der Waals surface area contributed by atoms with Crippen LogP contribution < -0.4 is 5.73 Å². The van der Waals surface area contributed by atoms with Gasteiger partial charge in [-0.2, -0.15) is 13.2 Å². The molecule has 1 aromatic carbocycles. The van der Waals surface area contributed by atoms with Crippen molar-refractivity contribution in [1.82, 2.24) is 9.88 Å². The van der Waals surface area contributed by atoms with E-state index in [0.29, 0.717) is 11.5 Å². The average Bonchev–Trinajstić information content (AvgIpc) is 3.40. The number of rotatable bonds is 4. The zero-order chi connectivity index (χ0) is 25.4. The second-order valence-electron chi connectivity index (χ2n) is 9.17. The van der Waals surface area contributed by atoms with Gasteiger partial charge in [0.2, 0.25) is 0 Å². The SMILES string of the molecule is Nc1ncc(-c2ccc([C@@]34C[C@@H]3CN(C3CCOCC3)C4)cc2)cc1C(=O)O.O=C(O)C(F)(F)F. The van der Waals surface area contributed by atoms with Gasteiger partial charge in [-0.3, -0.25) is 4.90 Å². The van der Waals surface area contributed by atoms with Gasteiger partial charge in [-0.25, -0.2) is 14.6 Å². The number of benzene rings is 1. The third-order valence-electron chi connectivity index (χ3n) is 7.06. The zero-order valence-electron chi connectivity index (χ0n) is 18.8. The largest absolute Gasteiger partial charge is 0.490 e. The van der Waals surface area contributed by atoms with Gasteiger partial charge in [-0.1, -0.05) is 24.3 Å². The lowest BCUT2D eigenvalue weighted by atomic mass is 9.92. The Bertz CT molecular complexity index is 1100. The van der Waals surface area contributed by atoms with Crippen molar-refractivity contribution in [2.75, 3.05) is 32.0 Å². The predicted molar refractivity (Wildman–Crippen MR) is 120 cm³/mol. The topological polar surface area (TPSA) is 126 Å². The van der Waals surface area contributed by atoms with Crippen molar-refractivity contribution in [2.24, 2.45) is 5.92 Å². The molecule has 1 aromatic heterocycles. The number of anilines is 1. The van der Waals surface area contributed by atoms with Crippen LogP contribution in [-0.4, -0.2) is 70.6 Å². The molecule has 0 amide bonds. The first-order chi connectivity index (χ1) is 16.5. The molecule has 0 radical (unpaired) electrons. The van der Waals surface area contributed by atoms with Crippen LogP contribution in [0.15, 0.2) is 36.5 Å². The van der Waals surface area contributed by atoms with Crippen LogP contribution >= 0.6 is 0 Å². The number of pyridine rings is 1. The summed E-state index contributed by atoms with van der Waals surface area (Å²) in [5.74, 6) is -3.00. The normalized spacial score (nSPS) is 24.3. The maximum Gasteiger partial charge on any atom is 0.490 e. The number of carboxylic acids is 2. The van der Waals surface area contributed by atoms with Crippen LogP contribution in [-0.2, 0) is 14.9 Å². The van der Waals surface area contributed by atoms with Crippen molar-refractivity contribution in [3.8, 4) is 11.1 Å². The molecule has 11 heteroatoms. The minimum atomic E-state index is -5.08. The smallest absolute Gasteiger partial charge is 0.478 e. The summed E-state index contributed by atoms with van der Waals surface area (Å²) in [5.41, 5.74) is 9.16. The lowest BCUT2D eigenvalue weighted by molar-refractivity contribution is -0.192. The van der Waals surface area contributed by atoms with Gasteiger partial charge in [0.25, 0.3) is 0 Å². The maximum atomic E-state index is 11.3. The Morgan fingerprint density at radius 2 is 1.74 bits per heavy atom. The highest BCUT2D eigenvalue weighted by molar-refractivity contribution is 5.94. The Hall–Kier alpha value is -3.18. The molecule has 0 spiro atoms. The lowest BCUT2D eigenvalue weighted by Crippen LogP contribution is -2.40. The highest BCUT2D eigenvalue weighted by atomic mass is 19.4. The first-order valence-electron chi connectivity index (χ1n) is 11.2. The van der Waals surface area contributed by atoms with Crippen molar-refractivity contribution < 1.29 is 37.7 Å². The third-order valence-corrected chi connectivity index (χ3v) is 7.06. The molecule has 0 unspecified atom stereocenters. The fraction of sp³-hybridized carbons (Fsp3) is 0.458. The molecule has 1 aliphatic carbocycles. The average molecular weight is 493 g/mol. The highest BCUT2D eigenvalue weighted by Crippen LogP contribution is 2.59. The number of aliphatic carboxylic acids is 1. The minimum absolute atomic E-state index is 0.0466. The van der Waals surface area contributed by atoms with E-state index in [0.717, 1.165) is 49.6 Å². The number of halogens is 3. The van der Waals surface area contributed by atoms with Crippen molar-refractivity contribution in [2.45, 2.75) is 36.9 Å². The molecule has 3 aliphatic rings. The van der Waals surface area contributed by atoms with Gasteiger partial charge in [-0.15, -0.1) is 0 Å². The molecule has 3 heterocycles. The van der Waals surface area contributed by atoms with Gasteiger partial charge >= 0.3 is 18.1 Å². The van der Waals surface area contributed by atoms with E-state index in [9.17, 15) is 23.1 Å². The number of hydrogen-bond donors (Lipinski definition) is 3. The molecule has 5 rings (SSSR count). The number of nitrogen functional groups attached to an aromatic ring is 1. The first-order valence-corrected chi connectivity index (χ1v) is 11.2. The molecule has 2 aromatic rings. The molecular formula is C24H26F3N3O5. The number of fused-ring (bicyclic) bond motifs is 1. The molecule has 188 valence electrons. The van der Waals surface area contributed by atoms with Gasteiger partial charge in [-0.05, 0) is 42.4 Å². The number of carboxylic acid groups (broad SMARTS) is 2. The summed E-state index contributed by atoms with van der Waals surface area (Å²) < 4.78 is 37.3. The zero-order valence-corrected chi connectivity index (χ0v) is 18.8. The quantitative estimate of drug-likeness (QED) is 0.592. The molecule has 2 atom stereocenters. The van der Waals surface area contributed by atoms with E-state index >= 15 is 0 Å². The summed E-state index contributed by atoms with van der Waals surface area (Å²) in [5, 5.41) is 16.4. The molecule has 35 heavy (non-hydrogen) atoms. The molecular weight excluding hydrogens is 467 g/mol. The number of piperidine rings is 1. The number of nitrogens with two attached hydrogens (primary N) is 1. The van der Waals surface area contributed by atoms with Gasteiger partial charge in [0, 0.05) is 49.5 Å². The van der Waals surface area contributed by atoms with Gasteiger partial charge in [0.15, 0.2) is 0 Å². The van der Waals surface area contributed by atoms with Crippen LogP contribution in [0.5, 0.6) is 0 Å². The summed E-state index contributed by atoms with van der Waals surface area (Å²) >= 11 is 0. The number of nitrogens with zero attached hydrogens (tertiary/aromatic N) is 2. The van der Waals surface area contributed by atoms with E-state index in [2.05, 4.69) is 34.1 Å². The van der Waals surface area contributed by atoms with Crippen LogP contribution in [0.4, 0.5) is 19.0 Å². The molecule has 2 aliphatic heterocycles. The van der Waals surface area contributed by atoms with E-state index in [-0.39, 0.29) is 11.4 Å². The van der Waals surface area contributed by atoms with Gasteiger partial charge in [0.05, 0.1) is 0 Å². The fourth-order valence-corrected chi connectivity index (χ4v) is 5.10. The summed E-state index contributed by atoms with van der Waals surface area (Å²) in [7, 11) is 0. The highest BCUT2D eigenvalue weighted by Gasteiger charge is 2.61. The van der Waals surface area contributed by atoms with Crippen molar-refractivity contribution in [1.29, 1.82) is 0 Å². The van der Waals surface area contributed by atoms with E-state index in [1.165, 1.54) is 18.5 Å². The second kappa shape index (κ2) is 9.46. The number of ether oxygens (including phenoxy) is 1. The molecule has 0 bridgehead atoms. The standard InChI is InChI=1S/C22H25N3O3.C2HF3O2/c23-20-19(21(26)27)9-15(11-24-20)14-1-3-16(4-2-14)22-10-17(22)12-25(13-22)18-5-7-28-8-6-18;3-2(4,5)1(6)7/h1-4,9,11,17-18H,5-8,10,12-13H2,(H2,23,24)(H,26,27);(H,6,7)/t17-,22+;/m1./s1. The van der Waals surface area contributed by atoms with Gasteiger partial charge in [0.1, 0.15) is 11.4 Å². The predicted octanol–water partition coefficient (Wildman–Crippen LogP) is 3.41. The Kier molecular flexibility index (Phi) is 6.74. The Morgan fingerprint density at radius 1 is 1.11 bits per heavy atom. The fourth-order valence-electron chi connectivity index (χ4n) is 5.10. The van der Waals surface area contributed by atoms with Crippen LogP contribution in [0.2, 0.25) is 0 Å². The number of hydrogen-bond acceptors (Lipinski definition) is 6. The van der Waals surface area contributed by atoms with Crippen LogP contribution in [0, 0.1) is 5.92 Å². The van der Waals surface area contributed by atoms with E-state index in [1.54, 1.807) is 12.3 Å². The summed E-state index contributed by atoms with van der Waals surface area (Å²) in [6.07, 6.45) is 0.131. The van der Waals surface area contributed by atoms with E-state index in [4.69, 9.17) is 20.4 Å². The molecule has 3 fully saturated rings. The molecule has 4 N–H and O–H groups in total. The number of likely N-dealkylation sites (tertiary alicyclic amines) is 1. The van der Waals surface area contributed by atoms with Crippen molar-refractivity contribution in [3.63, 3.8) is 0 Å². The monoisotopic (exact) mass is 493 g/mol. The van der Waals surface area contributed by atoms with E-state index in [1.807, 2.05) is 0 Å². The first kappa shape index (κ1) is 24.9. The summed E-state index contributed by atoms with van der Waals surface area (Å²) in [4.78, 5) is 26.9. The second-order valence-corrected chi connectivity index (χ2v) is 9.17. The number of aromatic nitrogens is 1. The van der Waals surface area contributed by atoms with Crippen LogP contribution in [0.25, 0.3) is 11.1 Å².